The third kappa shape index (κ3) is 9.16. The van der Waals surface area contributed by atoms with Gasteiger partial charge in [0.2, 0.25) is 11.8 Å². The molecule has 49 heavy (non-hydrogen) atoms. The summed E-state index contributed by atoms with van der Waals surface area (Å²) in [5.74, 6) is -0.428. The number of benzene rings is 4. The largest absolute Gasteiger partial charge is 0.496 e. The number of halogens is 3. The first-order chi connectivity index (χ1) is 23.5. The molecule has 4 aromatic rings. The summed E-state index contributed by atoms with van der Waals surface area (Å²) in [6, 6.07) is 24.7. The molecule has 0 heterocycles. The molecule has 0 aliphatic heterocycles. The first-order valence-corrected chi connectivity index (χ1v) is 19.0. The molecule has 4 aromatic carbocycles. The number of carbonyl (C=O) groups excluding carboxylic acids is 2. The fourth-order valence-electron chi connectivity index (χ4n) is 5.93. The number of nitrogens with zero attached hydrogens (tertiary/aromatic N) is 2. The van der Waals surface area contributed by atoms with E-state index >= 15 is 0 Å². The number of hydrogen-bond acceptors (Lipinski definition) is 5. The molecule has 8 nitrogen and oxygen atoms in total. The van der Waals surface area contributed by atoms with E-state index in [9.17, 15) is 18.0 Å². The van der Waals surface area contributed by atoms with E-state index in [-0.39, 0.29) is 29.8 Å². The van der Waals surface area contributed by atoms with E-state index in [1.54, 1.807) is 48.5 Å². The SMILES string of the molecule is COc1ccc(S(=O)(=O)N(CC(=O)N(Cc2ccc(Cl)cc2Cl)[C@@H](Cc2ccccc2)C(=O)NC2CCCC2)c2ccc(C)cc2)cc1Br. The molecule has 258 valence electrons. The van der Waals surface area contributed by atoms with Crippen LogP contribution in [-0.4, -0.2) is 50.9 Å². The summed E-state index contributed by atoms with van der Waals surface area (Å²) in [4.78, 5) is 30.3. The molecule has 5 rings (SSSR count). The Balaban J connectivity index is 1.59. The van der Waals surface area contributed by atoms with Gasteiger partial charge in [-0.3, -0.25) is 13.9 Å². The second kappa shape index (κ2) is 16.4. The van der Waals surface area contributed by atoms with Gasteiger partial charge in [0.15, 0.2) is 0 Å². The van der Waals surface area contributed by atoms with Crippen molar-refractivity contribution in [1.82, 2.24) is 10.2 Å². The Labute approximate surface area is 306 Å². The average Bonchev–Trinajstić information content (AvgIpc) is 3.60. The minimum atomic E-state index is -4.30. The highest BCUT2D eigenvalue weighted by atomic mass is 79.9. The normalized spacial score (nSPS) is 13.9. The highest BCUT2D eigenvalue weighted by Crippen LogP contribution is 2.32. The van der Waals surface area contributed by atoms with Crippen LogP contribution in [0.3, 0.4) is 0 Å². The molecule has 2 amide bonds. The van der Waals surface area contributed by atoms with Gasteiger partial charge in [-0.2, -0.15) is 0 Å². The Morgan fingerprint density at radius 1 is 0.959 bits per heavy atom. The first-order valence-electron chi connectivity index (χ1n) is 16.0. The zero-order valence-electron chi connectivity index (χ0n) is 27.2. The molecule has 0 spiro atoms. The molecule has 1 fully saturated rings. The van der Waals surface area contributed by atoms with E-state index in [1.165, 1.54) is 24.1 Å². The zero-order chi connectivity index (χ0) is 35.1. The number of ether oxygens (including phenoxy) is 1. The van der Waals surface area contributed by atoms with Crippen LogP contribution in [0.1, 0.15) is 42.4 Å². The predicted molar refractivity (Wildman–Crippen MR) is 198 cm³/mol. The quantitative estimate of drug-likeness (QED) is 0.148. The van der Waals surface area contributed by atoms with Crippen LogP contribution in [-0.2, 0) is 32.6 Å². The third-order valence-corrected chi connectivity index (χ3v) is 11.6. The van der Waals surface area contributed by atoms with Crippen molar-refractivity contribution in [3.8, 4) is 5.75 Å². The van der Waals surface area contributed by atoms with Crippen molar-refractivity contribution >= 4 is 66.7 Å². The van der Waals surface area contributed by atoms with Crippen LogP contribution in [0.5, 0.6) is 5.75 Å². The van der Waals surface area contributed by atoms with Crippen LogP contribution >= 0.6 is 39.1 Å². The standard InChI is InChI=1S/C37H38BrCl2N3O5S/c1-25-12-16-30(17-13-25)43(49(46,47)31-18-19-35(48-2)32(38)22-31)24-36(44)42(23-27-14-15-28(39)21-33(27)40)34(20-26-8-4-3-5-9-26)37(45)41-29-10-6-7-11-29/h3-5,8-9,12-19,21-22,29,34H,6-7,10-11,20,23-24H2,1-2H3,(H,41,45)/t34-/m0/s1. The molecule has 0 radical (unpaired) electrons. The number of rotatable bonds is 13. The molecule has 1 saturated carbocycles. The Morgan fingerprint density at radius 3 is 2.29 bits per heavy atom. The van der Waals surface area contributed by atoms with Gasteiger partial charge in [-0.25, -0.2) is 8.42 Å². The molecular formula is C37H38BrCl2N3O5S. The van der Waals surface area contributed by atoms with Crippen LogP contribution < -0.4 is 14.4 Å². The van der Waals surface area contributed by atoms with E-state index in [0.717, 1.165) is 41.1 Å². The Morgan fingerprint density at radius 2 is 1.65 bits per heavy atom. The summed E-state index contributed by atoms with van der Waals surface area (Å²) in [5, 5.41) is 3.92. The lowest BCUT2D eigenvalue weighted by Crippen LogP contribution is -2.54. The van der Waals surface area contributed by atoms with Crippen molar-refractivity contribution in [3.05, 3.63) is 122 Å². The average molecular weight is 788 g/mol. The van der Waals surface area contributed by atoms with E-state index < -0.39 is 28.5 Å². The van der Waals surface area contributed by atoms with Crippen LogP contribution in [0.15, 0.2) is 100 Å². The highest BCUT2D eigenvalue weighted by Gasteiger charge is 2.36. The summed E-state index contributed by atoms with van der Waals surface area (Å²) < 4.78 is 35.6. The number of amides is 2. The summed E-state index contributed by atoms with van der Waals surface area (Å²) in [5.41, 5.74) is 2.63. The Kier molecular flexibility index (Phi) is 12.3. The van der Waals surface area contributed by atoms with E-state index in [1.807, 2.05) is 37.3 Å². The topological polar surface area (TPSA) is 96.0 Å². The lowest BCUT2D eigenvalue weighted by atomic mass is 10.0. The summed E-state index contributed by atoms with van der Waals surface area (Å²) in [6.45, 7) is 1.26. The number of hydrogen-bond donors (Lipinski definition) is 1. The number of anilines is 1. The highest BCUT2D eigenvalue weighted by molar-refractivity contribution is 9.10. The van der Waals surface area contributed by atoms with Crippen LogP contribution in [0.25, 0.3) is 0 Å². The molecule has 1 atom stereocenters. The second-order valence-corrected chi connectivity index (χ2v) is 15.7. The smallest absolute Gasteiger partial charge is 0.264 e. The molecule has 0 bridgehead atoms. The fraction of sp³-hybridized carbons (Fsp3) is 0.297. The second-order valence-electron chi connectivity index (χ2n) is 12.1. The lowest BCUT2D eigenvalue weighted by molar-refractivity contribution is -0.140. The minimum absolute atomic E-state index is 0.000186. The van der Waals surface area contributed by atoms with Gasteiger partial charge in [-0.15, -0.1) is 0 Å². The first kappa shape index (κ1) is 36.7. The maximum Gasteiger partial charge on any atom is 0.264 e. The monoisotopic (exact) mass is 785 g/mol. The van der Waals surface area contributed by atoms with Gasteiger partial charge in [0, 0.05) is 29.1 Å². The maximum absolute atomic E-state index is 14.7. The number of methoxy groups -OCH3 is 1. The zero-order valence-corrected chi connectivity index (χ0v) is 31.2. The van der Waals surface area contributed by atoms with Gasteiger partial charge in [0.25, 0.3) is 10.0 Å². The molecule has 1 aliphatic rings. The summed E-state index contributed by atoms with van der Waals surface area (Å²) >= 11 is 16.2. The lowest BCUT2D eigenvalue weighted by Gasteiger charge is -2.34. The summed E-state index contributed by atoms with van der Waals surface area (Å²) in [7, 11) is -2.81. The van der Waals surface area contributed by atoms with E-state index in [4.69, 9.17) is 27.9 Å². The van der Waals surface area contributed by atoms with E-state index in [2.05, 4.69) is 21.2 Å². The molecule has 0 unspecified atom stereocenters. The Bertz CT molecular complexity index is 1890. The van der Waals surface area contributed by atoms with Gasteiger partial charge in [-0.05, 0) is 89.3 Å². The van der Waals surface area contributed by atoms with Gasteiger partial charge in [0.1, 0.15) is 18.3 Å². The molecule has 12 heteroatoms. The molecular weight excluding hydrogens is 749 g/mol. The van der Waals surface area contributed by atoms with Crippen molar-refractivity contribution in [2.24, 2.45) is 0 Å². The molecule has 1 aliphatic carbocycles. The fourth-order valence-corrected chi connectivity index (χ4v) is 8.53. The van der Waals surface area contributed by atoms with Gasteiger partial charge >= 0.3 is 0 Å². The van der Waals surface area contributed by atoms with Crippen LogP contribution in [0.2, 0.25) is 10.0 Å². The third-order valence-electron chi connectivity index (χ3n) is 8.64. The number of aryl methyl sites for hydroxylation is 1. The van der Waals surface area contributed by atoms with Gasteiger partial charge in [0.05, 0.1) is 22.2 Å². The van der Waals surface area contributed by atoms with Crippen LogP contribution in [0.4, 0.5) is 5.69 Å². The maximum atomic E-state index is 14.7. The molecule has 0 saturated heterocycles. The van der Waals surface area contributed by atoms with Crippen molar-refractivity contribution in [1.29, 1.82) is 0 Å². The number of nitrogens with one attached hydrogen (secondary N) is 1. The Hall–Kier alpha value is -3.57. The predicted octanol–water partition coefficient (Wildman–Crippen LogP) is 7.97. The number of carbonyl (C=O) groups is 2. The molecule has 1 N–H and O–H groups in total. The van der Waals surface area contributed by atoms with Crippen molar-refractivity contribution in [2.75, 3.05) is 18.0 Å². The minimum Gasteiger partial charge on any atom is -0.496 e. The van der Waals surface area contributed by atoms with Crippen LogP contribution in [0, 0.1) is 6.92 Å². The van der Waals surface area contributed by atoms with E-state index in [0.29, 0.717) is 31.5 Å². The van der Waals surface area contributed by atoms with Gasteiger partial charge < -0.3 is 15.0 Å². The van der Waals surface area contributed by atoms with Crippen molar-refractivity contribution < 1.29 is 22.7 Å². The number of sulfonamides is 1. The van der Waals surface area contributed by atoms with Crippen molar-refractivity contribution in [3.63, 3.8) is 0 Å². The van der Waals surface area contributed by atoms with Gasteiger partial charge in [-0.1, -0.05) is 90.1 Å². The molecule has 0 aromatic heterocycles. The summed E-state index contributed by atoms with van der Waals surface area (Å²) in [6.07, 6.45) is 3.96. The van der Waals surface area contributed by atoms with Crippen molar-refractivity contribution in [2.45, 2.75) is 62.6 Å².